The van der Waals surface area contributed by atoms with Crippen LogP contribution in [0.1, 0.15) is 33.3 Å². The minimum absolute atomic E-state index is 0.0107. The number of hydrogen-bond donors (Lipinski definition) is 1. The van der Waals surface area contributed by atoms with Gasteiger partial charge < -0.3 is 14.2 Å². The van der Waals surface area contributed by atoms with Crippen LogP contribution in [0.2, 0.25) is 0 Å². The number of sulfonamides is 1. The quantitative estimate of drug-likeness (QED) is 0.314. The SMILES string of the molecule is CCOc1cc(OCC)c([N+](=O)[O-])cc1/C=N/NS(=O)(=O)c1ccc(OC(C)C)cc1. The fourth-order valence-corrected chi connectivity index (χ4v) is 3.34. The van der Waals surface area contributed by atoms with Gasteiger partial charge in [0.05, 0.1) is 35.4 Å². The molecule has 0 aliphatic carbocycles. The first-order valence-corrected chi connectivity index (χ1v) is 11.1. The molecule has 0 saturated heterocycles. The molecule has 0 aliphatic heterocycles. The van der Waals surface area contributed by atoms with Gasteiger partial charge in [0.2, 0.25) is 5.75 Å². The summed E-state index contributed by atoms with van der Waals surface area (Å²) in [5.74, 6) is 0.868. The van der Waals surface area contributed by atoms with E-state index in [4.69, 9.17) is 14.2 Å². The Labute approximate surface area is 181 Å². The zero-order chi connectivity index (χ0) is 23.0. The Hall–Kier alpha value is -3.34. The summed E-state index contributed by atoms with van der Waals surface area (Å²) in [5, 5.41) is 15.1. The zero-order valence-electron chi connectivity index (χ0n) is 17.7. The van der Waals surface area contributed by atoms with Gasteiger partial charge in [-0.2, -0.15) is 13.5 Å². The molecule has 10 nitrogen and oxygen atoms in total. The molecular weight excluding hydrogens is 426 g/mol. The minimum atomic E-state index is -3.95. The maximum Gasteiger partial charge on any atom is 0.311 e. The number of nitro groups is 1. The lowest BCUT2D eigenvalue weighted by atomic mass is 10.1. The average molecular weight is 452 g/mol. The molecule has 31 heavy (non-hydrogen) atoms. The van der Waals surface area contributed by atoms with Crippen LogP contribution in [0.5, 0.6) is 17.2 Å². The van der Waals surface area contributed by atoms with Crippen molar-refractivity contribution >= 4 is 21.9 Å². The first kappa shape index (κ1) is 23.9. The standard InChI is InChI=1S/C20H25N3O7S/c1-5-28-19-12-20(29-6-2)18(23(24)25)11-15(19)13-21-22-31(26,27)17-9-7-16(8-10-17)30-14(3)4/h7-14,22H,5-6H2,1-4H3/b21-13+. The smallest absolute Gasteiger partial charge is 0.311 e. The maximum atomic E-state index is 12.5. The van der Waals surface area contributed by atoms with Crippen molar-refractivity contribution in [3.63, 3.8) is 0 Å². The predicted octanol–water partition coefficient (Wildman–Crippen LogP) is 3.49. The van der Waals surface area contributed by atoms with Gasteiger partial charge in [-0.1, -0.05) is 0 Å². The highest BCUT2D eigenvalue weighted by molar-refractivity contribution is 7.89. The molecule has 0 fully saturated rings. The van der Waals surface area contributed by atoms with Gasteiger partial charge in [-0.05, 0) is 52.0 Å². The summed E-state index contributed by atoms with van der Waals surface area (Å²) in [5.41, 5.74) is -0.0595. The number of hydrazone groups is 1. The summed E-state index contributed by atoms with van der Waals surface area (Å²) in [6.45, 7) is 7.71. The summed E-state index contributed by atoms with van der Waals surface area (Å²) in [4.78, 5) is 12.8. The van der Waals surface area contributed by atoms with E-state index in [0.29, 0.717) is 12.4 Å². The van der Waals surface area contributed by atoms with Gasteiger partial charge in [0.25, 0.3) is 10.0 Å². The van der Waals surface area contributed by atoms with Crippen LogP contribution < -0.4 is 19.0 Å². The number of nitrogens with one attached hydrogen (secondary N) is 1. The predicted molar refractivity (Wildman–Crippen MR) is 116 cm³/mol. The van der Waals surface area contributed by atoms with Crippen LogP contribution in [-0.2, 0) is 10.0 Å². The Balaban J connectivity index is 2.27. The summed E-state index contributed by atoms with van der Waals surface area (Å²) in [6, 6.07) is 8.47. The maximum absolute atomic E-state index is 12.5. The molecule has 168 valence electrons. The number of benzene rings is 2. The van der Waals surface area contributed by atoms with Crippen molar-refractivity contribution in [1.29, 1.82) is 0 Å². The normalized spacial score (nSPS) is 11.5. The molecule has 0 atom stereocenters. The molecule has 0 aromatic heterocycles. The van der Waals surface area contributed by atoms with Gasteiger partial charge in [0.1, 0.15) is 11.5 Å². The number of ether oxygens (including phenoxy) is 3. The Morgan fingerprint density at radius 1 is 1.10 bits per heavy atom. The van der Waals surface area contributed by atoms with E-state index in [9.17, 15) is 18.5 Å². The minimum Gasteiger partial charge on any atom is -0.493 e. The summed E-state index contributed by atoms with van der Waals surface area (Å²) in [6.07, 6.45) is 1.10. The molecule has 0 amide bonds. The third-order valence-electron chi connectivity index (χ3n) is 3.77. The second-order valence-corrected chi connectivity index (χ2v) is 8.13. The molecule has 0 aliphatic rings. The molecule has 1 N–H and O–H groups in total. The lowest BCUT2D eigenvalue weighted by Crippen LogP contribution is -2.18. The summed E-state index contributed by atoms with van der Waals surface area (Å²) in [7, 11) is -3.95. The van der Waals surface area contributed by atoms with E-state index in [1.807, 2.05) is 13.8 Å². The Bertz CT molecular complexity index is 1040. The van der Waals surface area contributed by atoms with Gasteiger partial charge in [-0.3, -0.25) is 10.1 Å². The van der Waals surface area contributed by atoms with Crippen LogP contribution in [0.4, 0.5) is 5.69 Å². The van der Waals surface area contributed by atoms with Gasteiger partial charge in [-0.15, -0.1) is 0 Å². The summed E-state index contributed by atoms with van der Waals surface area (Å²) < 4.78 is 41.2. The van der Waals surface area contributed by atoms with Crippen molar-refractivity contribution in [2.75, 3.05) is 13.2 Å². The van der Waals surface area contributed by atoms with Crippen LogP contribution in [0.3, 0.4) is 0 Å². The molecule has 2 aromatic rings. The molecule has 0 saturated carbocycles. The molecule has 2 rings (SSSR count). The number of rotatable bonds is 11. The van der Waals surface area contributed by atoms with E-state index in [1.165, 1.54) is 24.3 Å². The molecule has 0 spiro atoms. The average Bonchev–Trinajstić information content (AvgIpc) is 2.69. The number of hydrogen-bond acceptors (Lipinski definition) is 8. The van der Waals surface area contributed by atoms with E-state index in [-0.39, 0.29) is 40.4 Å². The molecule has 0 bridgehead atoms. The largest absolute Gasteiger partial charge is 0.493 e. The summed E-state index contributed by atoms with van der Waals surface area (Å²) >= 11 is 0. The van der Waals surface area contributed by atoms with Crippen molar-refractivity contribution in [2.24, 2.45) is 5.10 Å². The van der Waals surface area contributed by atoms with Gasteiger partial charge >= 0.3 is 5.69 Å². The molecular formula is C20H25N3O7S. The Morgan fingerprint density at radius 2 is 1.71 bits per heavy atom. The lowest BCUT2D eigenvalue weighted by molar-refractivity contribution is -0.385. The zero-order valence-corrected chi connectivity index (χ0v) is 18.5. The van der Waals surface area contributed by atoms with Gasteiger partial charge in [0.15, 0.2) is 0 Å². The first-order valence-electron chi connectivity index (χ1n) is 9.57. The van der Waals surface area contributed by atoms with E-state index in [0.717, 1.165) is 6.21 Å². The third-order valence-corrected chi connectivity index (χ3v) is 5.01. The van der Waals surface area contributed by atoms with Crippen molar-refractivity contribution < 1.29 is 27.6 Å². The van der Waals surface area contributed by atoms with Crippen molar-refractivity contribution in [3.8, 4) is 17.2 Å². The molecule has 0 heterocycles. The highest BCUT2D eigenvalue weighted by atomic mass is 32.2. The fraction of sp³-hybridized carbons (Fsp3) is 0.350. The lowest BCUT2D eigenvalue weighted by Gasteiger charge is -2.11. The fourth-order valence-electron chi connectivity index (χ4n) is 2.55. The highest BCUT2D eigenvalue weighted by Gasteiger charge is 2.20. The first-order chi connectivity index (χ1) is 14.7. The van der Waals surface area contributed by atoms with E-state index >= 15 is 0 Å². The molecule has 0 radical (unpaired) electrons. The monoisotopic (exact) mass is 451 g/mol. The van der Waals surface area contributed by atoms with Gasteiger partial charge in [0, 0.05) is 17.7 Å². The van der Waals surface area contributed by atoms with Crippen molar-refractivity contribution in [2.45, 2.75) is 38.7 Å². The second-order valence-electron chi connectivity index (χ2n) is 6.47. The van der Waals surface area contributed by atoms with Gasteiger partial charge in [-0.25, -0.2) is 4.83 Å². The van der Waals surface area contributed by atoms with Crippen molar-refractivity contribution in [3.05, 3.63) is 52.1 Å². The molecule has 11 heteroatoms. The highest BCUT2D eigenvalue weighted by Crippen LogP contribution is 2.34. The topological polar surface area (TPSA) is 129 Å². The van der Waals surface area contributed by atoms with Crippen molar-refractivity contribution in [1.82, 2.24) is 4.83 Å². The molecule has 2 aromatic carbocycles. The number of nitrogens with zero attached hydrogens (tertiary/aromatic N) is 2. The second kappa shape index (κ2) is 10.6. The van der Waals surface area contributed by atoms with Crippen LogP contribution >= 0.6 is 0 Å². The molecule has 0 unspecified atom stereocenters. The van der Waals surface area contributed by atoms with E-state index < -0.39 is 14.9 Å². The third kappa shape index (κ3) is 6.57. The van der Waals surface area contributed by atoms with Crippen LogP contribution in [0.25, 0.3) is 0 Å². The number of nitro benzene ring substituents is 1. The van der Waals surface area contributed by atoms with E-state index in [2.05, 4.69) is 9.93 Å². The van der Waals surface area contributed by atoms with Crippen LogP contribution in [0.15, 0.2) is 46.4 Å². The Morgan fingerprint density at radius 3 is 2.26 bits per heavy atom. The van der Waals surface area contributed by atoms with E-state index in [1.54, 1.807) is 26.0 Å². The van der Waals surface area contributed by atoms with Crippen LogP contribution in [0, 0.1) is 10.1 Å². The van der Waals surface area contributed by atoms with Crippen LogP contribution in [-0.4, -0.2) is 38.9 Å². The Kier molecular flexibility index (Phi) is 8.20.